The minimum Gasteiger partial charge on any atom is -0.467 e. The SMILES string of the molecule is CCN(CC(=O)N(C)C)c1nc(N)nc(OC)n1. The molecule has 1 amide bonds. The first kappa shape index (κ1) is 13.9. The standard InChI is InChI=1S/C10H18N6O2/c1-5-16(6-7(17)15(2)3)9-12-8(11)13-10(14-9)18-4/h5-6H2,1-4H3,(H2,11,12,13,14). The van der Waals surface area contributed by atoms with Crippen LogP contribution in [0.1, 0.15) is 6.92 Å². The number of hydrogen-bond acceptors (Lipinski definition) is 7. The molecule has 0 fully saturated rings. The predicted octanol–water partition coefficient (Wildman–Crippen LogP) is -0.623. The lowest BCUT2D eigenvalue weighted by molar-refractivity contribution is -0.127. The maximum absolute atomic E-state index is 11.7. The highest BCUT2D eigenvalue weighted by atomic mass is 16.5. The van der Waals surface area contributed by atoms with E-state index in [1.54, 1.807) is 19.0 Å². The third-order valence-corrected chi connectivity index (χ3v) is 2.29. The number of nitrogen functional groups attached to an aromatic ring is 1. The van der Waals surface area contributed by atoms with Crippen molar-refractivity contribution in [2.45, 2.75) is 6.92 Å². The summed E-state index contributed by atoms with van der Waals surface area (Å²) in [5.74, 6) is 0.347. The predicted molar refractivity (Wildman–Crippen MR) is 67.4 cm³/mol. The molecule has 8 nitrogen and oxygen atoms in total. The fourth-order valence-electron chi connectivity index (χ4n) is 1.22. The van der Waals surface area contributed by atoms with Crippen LogP contribution in [0.25, 0.3) is 0 Å². The topological polar surface area (TPSA) is 97.5 Å². The minimum atomic E-state index is -0.0465. The van der Waals surface area contributed by atoms with Crippen molar-refractivity contribution in [3.63, 3.8) is 0 Å². The molecule has 0 aromatic carbocycles. The van der Waals surface area contributed by atoms with Gasteiger partial charge in [-0.3, -0.25) is 4.79 Å². The van der Waals surface area contributed by atoms with Crippen molar-refractivity contribution in [2.75, 3.05) is 44.9 Å². The monoisotopic (exact) mass is 254 g/mol. The molecular weight excluding hydrogens is 236 g/mol. The molecular formula is C10H18N6O2. The molecule has 0 aliphatic rings. The Bertz CT molecular complexity index is 423. The molecule has 2 N–H and O–H groups in total. The second-order valence-electron chi connectivity index (χ2n) is 3.78. The smallest absolute Gasteiger partial charge is 0.322 e. The van der Waals surface area contributed by atoms with E-state index in [9.17, 15) is 4.79 Å². The Labute approximate surface area is 106 Å². The molecule has 100 valence electrons. The fraction of sp³-hybridized carbons (Fsp3) is 0.600. The molecule has 0 radical (unpaired) electrons. The zero-order valence-corrected chi connectivity index (χ0v) is 11.0. The molecule has 0 saturated carbocycles. The number of nitrogens with zero attached hydrogens (tertiary/aromatic N) is 5. The van der Waals surface area contributed by atoms with Crippen LogP contribution in [0.15, 0.2) is 0 Å². The summed E-state index contributed by atoms with van der Waals surface area (Å²) in [6, 6.07) is 0.133. The van der Waals surface area contributed by atoms with E-state index in [1.807, 2.05) is 6.92 Å². The summed E-state index contributed by atoms with van der Waals surface area (Å²) in [5.41, 5.74) is 5.55. The molecule has 0 unspecified atom stereocenters. The molecule has 1 rings (SSSR count). The molecule has 0 aliphatic carbocycles. The Kier molecular flexibility index (Phi) is 4.64. The van der Waals surface area contributed by atoms with Gasteiger partial charge in [0.05, 0.1) is 13.7 Å². The van der Waals surface area contributed by atoms with Gasteiger partial charge in [0.2, 0.25) is 17.8 Å². The van der Waals surface area contributed by atoms with Crippen LogP contribution < -0.4 is 15.4 Å². The Morgan fingerprint density at radius 2 is 2.00 bits per heavy atom. The average Bonchev–Trinajstić information content (AvgIpc) is 2.34. The van der Waals surface area contributed by atoms with Gasteiger partial charge >= 0.3 is 6.01 Å². The lowest BCUT2D eigenvalue weighted by Crippen LogP contribution is -2.37. The van der Waals surface area contributed by atoms with Crippen molar-refractivity contribution in [3.8, 4) is 6.01 Å². The maximum atomic E-state index is 11.7. The number of amides is 1. The summed E-state index contributed by atoms with van der Waals surface area (Å²) in [7, 11) is 4.83. The van der Waals surface area contributed by atoms with E-state index in [-0.39, 0.29) is 24.4 Å². The van der Waals surface area contributed by atoms with E-state index in [0.29, 0.717) is 12.5 Å². The summed E-state index contributed by atoms with van der Waals surface area (Å²) in [6.45, 7) is 2.65. The second kappa shape index (κ2) is 5.99. The van der Waals surface area contributed by atoms with Gasteiger partial charge in [0.25, 0.3) is 0 Å². The molecule has 0 aliphatic heterocycles. The summed E-state index contributed by atoms with van der Waals surface area (Å²) < 4.78 is 4.92. The molecule has 18 heavy (non-hydrogen) atoms. The average molecular weight is 254 g/mol. The van der Waals surface area contributed by atoms with E-state index in [1.165, 1.54) is 12.0 Å². The summed E-state index contributed by atoms with van der Waals surface area (Å²) >= 11 is 0. The van der Waals surface area contributed by atoms with Gasteiger partial charge < -0.3 is 20.3 Å². The van der Waals surface area contributed by atoms with Crippen LogP contribution in [0.3, 0.4) is 0 Å². The zero-order chi connectivity index (χ0) is 13.7. The number of carbonyl (C=O) groups is 1. The normalized spacial score (nSPS) is 10.0. The number of methoxy groups -OCH3 is 1. The molecule has 0 atom stereocenters. The molecule has 0 bridgehead atoms. The second-order valence-corrected chi connectivity index (χ2v) is 3.78. The fourth-order valence-corrected chi connectivity index (χ4v) is 1.22. The maximum Gasteiger partial charge on any atom is 0.322 e. The van der Waals surface area contributed by atoms with Crippen molar-refractivity contribution < 1.29 is 9.53 Å². The molecule has 0 saturated heterocycles. The van der Waals surface area contributed by atoms with Crippen molar-refractivity contribution in [3.05, 3.63) is 0 Å². The van der Waals surface area contributed by atoms with E-state index in [4.69, 9.17) is 10.5 Å². The Balaban J connectivity index is 2.94. The van der Waals surface area contributed by atoms with E-state index in [0.717, 1.165) is 0 Å². The number of hydrogen-bond donors (Lipinski definition) is 1. The van der Waals surface area contributed by atoms with Crippen LogP contribution >= 0.6 is 0 Å². The van der Waals surface area contributed by atoms with Gasteiger partial charge in [-0.05, 0) is 6.92 Å². The van der Waals surface area contributed by atoms with Gasteiger partial charge in [-0.1, -0.05) is 0 Å². The van der Waals surface area contributed by atoms with Crippen molar-refractivity contribution in [1.29, 1.82) is 0 Å². The number of carbonyl (C=O) groups excluding carboxylic acids is 1. The Morgan fingerprint density at radius 3 is 2.50 bits per heavy atom. The van der Waals surface area contributed by atoms with Crippen LogP contribution in [0.2, 0.25) is 0 Å². The van der Waals surface area contributed by atoms with Crippen molar-refractivity contribution in [1.82, 2.24) is 19.9 Å². The van der Waals surface area contributed by atoms with Crippen LogP contribution in [-0.4, -0.2) is 60.1 Å². The third-order valence-electron chi connectivity index (χ3n) is 2.29. The van der Waals surface area contributed by atoms with E-state index in [2.05, 4.69) is 15.0 Å². The van der Waals surface area contributed by atoms with E-state index >= 15 is 0 Å². The minimum absolute atomic E-state index is 0.0465. The highest BCUT2D eigenvalue weighted by Crippen LogP contribution is 2.12. The largest absolute Gasteiger partial charge is 0.467 e. The van der Waals surface area contributed by atoms with Gasteiger partial charge in [-0.25, -0.2) is 0 Å². The zero-order valence-electron chi connectivity index (χ0n) is 11.0. The summed E-state index contributed by atoms with van der Waals surface area (Å²) in [5, 5.41) is 0. The van der Waals surface area contributed by atoms with Crippen molar-refractivity contribution >= 4 is 17.8 Å². The molecule has 8 heteroatoms. The van der Waals surface area contributed by atoms with Crippen molar-refractivity contribution in [2.24, 2.45) is 0 Å². The lowest BCUT2D eigenvalue weighted by atomic mass is 10.4. The number of ether oxygens (including phenoxy) is 1. The van der Waals surface area contributed by atoms with Gasteiger partial charge in [-0.2, -0.15) is 15.0 Å². The Hall–Kier alpha value is -2.12. The quantitative estimate of drug-likeness (QED) is 0.747. The first-order chi connectivity index (χ1) is 8.47. The van der Waals surface area contributed by atoms with Crippen LogP contribution in [0.4, 0.5) is 11.9 Å². The summed E-state index contributed by atoms with van der Waals surface area (Å²) in [6.07, 6.45) is 0. The Morgan fingerprint density at radius 1 is 1.33 bits per heavy atom. The van der Waals surface area contributed by atoms with E-state index < -0.39 is 0 Å². The number of nitrogens with two attached hydrogens (primary N) is 1. The number of anilines is 2. The van der Waals surface area contributed by atoms with Crippen LogP contribution in [0.5, 0.6) is 6.01 Å². The highest BCUT2D eigenvalue weighted by molar-refractivity contribution is 5.80. The van der Waals surface area contributed by atoms with Gasteiger partial charge in [-0.15, -0.1) is 0 Å². The van der Waals surface area contributed by atoms with Gasteiger partial charge in [0, 0.05) is 20.6 Å². The number of rotatable bonds is 5. The first-order valence-corrected chi connectivity index (χ1v) is 5.48. The van der Waals surface area contributed by atoms with Gasteiger partial charge in [0.15, 0.2) is 0 Å². The lowest BCUT2D eigenvalue weighted by Gasteiger charge is -2.22. The third kappa shape index (κ3) is 3.44. The molecule has 0 spiro atoms. The highest BCUT2D eigenvalue weighted by Gasteiger charge is 2.15. The first-order valence-electron chi connectivity index (χ1n) is 5.48. The van der Waals surface area contributed by atoms with Gasteiger partial charge in [0.1, 0.15) is 0 Å². The molecule has 1 aromatic heterocycles. The molecule has 1 aromatic rings. The van der Waals surface area contributed by atoms with Crippen LogP contribution in [-0.2, 0) is 4.79 Å². The number of likely N-dealkylation sites (N-methyl/N-ethyl adjacent to an activating group) is 2. The molecule has 1 heterocycles. The number of aromatic nitrogens is 3. The van der Waals surface area contributed by atoms with Crippen LogP contribution in [0, 0.1) is 0 Å². The summed E-state index contributed by atoms with van der Waals surface area (Å²) in [4.78, 5) is 26.7.